The third-order valence-corrected chi connectivity index (χ3v) is 3.52. The molecule has 1 rings (SSSR count). The molecule has 21 heavy (non-hydrogen) atoms. The van der Waals surface area contributed by atoms with Gasteiger partial charge in [0.2, 0.25) is 0 Å². The summed E-state index contributed by atoms with van der Waals surface area (Å²) in [4.78, 5) is 22.0. The van der Waals surface area contributed by atoms with Gasteiger partial charge in [0, 0.05) is 18.7 Å². The molecule has 1 aromatic carbocycles. The zero-order valence-electron chi connectivity index (χ0n) is 11.9. The molecule has 116 valence electrons. The van der Waals surface area contributed by atoms with Crippen LogP contribution in [0.2, 0.25) is 5.02 Å². The molecule has 7 nitrogen and oxygen atoms in total. The largest absolute Gasteiger partial charge is 0.465 e. The van der Waals surface area contributed by atoms with Gasteiger partial charge in [0.05, 0.1) is 22.6 Å². The highest BCUT2D eigenvalue weighted by atomic mass is 35.5. The van der Waals surface area contributed by atoms with Gasteiger partial charge in [-0.2, -0.15) is 0 Å². The third kappa shape index (κ3) is 4.05. The average molecular weight is 317 g/mol. The lowest BCUT2D eigenvalue weighted by molar-refractivity contribution is -0.384. The summed E-state index contributed by atoms with van der Waals surface area (Å²) in [5, 5.41) is 23.2. The number of ether oxygens (including phenoxy) is 1. The first-order chi connectivity index (χ1) is 9.81. The predicted molar refractivity (Wildman–Crippen MR) is 78.8 cm³/mol. The Labute approximate surface area is 127 Å². The van der Waals surface area contributed by atoms with Gasteiger partial charge < -0.3 is 15.2 Å². The van der Waals surface area contributed by atoms with Crippen LogP contribution in [0.5, 0.6) is 0 Å². The van der Waals surface area contributed by atoms with Gasteiger partial charge in [0.15, 0.2) is 0 Å². The fourth-order valence-electron chi connectivity index (χ4n) is 1.64. The smallest absolute Gasteiger partial charge is 0.339 e. The molecule has 0 fully saturated rings. The lowest BCUT2D eigenvalue weighted by atomic mass is 10.0. The minimum atomic E-state index is -0.744. The summed E-state index contributed by atoms with van der Waals surface area (Å²) < 4.78 is 4.53. The van der Waals surface area contributed by atoms with Crippen LogP contribution in [-0.4, -0.2) is 35.8 Å². The van der Waals surface area contributed by atoms with E-state index in [9.17, 15) is 14.9 Å². The molecule has 0 aliphatic heterocycles. The molecule has 2 unspecified atom stereocenters. The molecule has 0 heterocycles. The molecule has 0 aromatic heterocycles. The highest BCUT2D eigenvalue weighted by Crippen LogP contribution is 2.32. The molecular weight excluding hydrogens is 300 g/mol. The normalized spacial score (nSPS) is 13.4. The number of nitro benzene ring substituents is 1. The molecule has 0 radical (unpaired) electrons. The number of carbonyl (C=O) groups excluding carboxylic acids is 1. The minimum absolute atomic E-state index is 0.0544. The van der Waals surface area contributed by atoms with E-state index in [2.05, 4.69) is 10.1 Å². The van der Waals surface area contributed by atoms with Crippen molar-refractivity contribution in [1.29, 1.82) is 0 Å². The number of anilines is 1. The Bertz CT molecular complexity index is 550. The van der Waals surface area contributed by atoms with Crippen molar-refractivity contribution < 1.29 is 19.6 Å². The first kappa shape index (κ1) is 17.2. The van der Waals surface area contributed by atoms with E-state index in [0.717, 1.165) is 6.07 Å². The number of carbonyl (C=O) groups is 1. The molecule has 0 bridgehead atoms. The van der Waals surface area contributed by atoms with E-state index < -0.39 is 10.9 Å². The molecule has 0 saturated carbocycles. The van der Waals surface area contributed by atoms with Crippen molar-refractivity contribution in [3.63, 3.8) is 0 Å². The highest BCUT2D eigenvalue weighted by Gasteiger charge is 2.23. The summed E-state index contributed by atoms with van der Waals surface area (Å²) in [6.45, 7) is 3.52. The van der Waals surface area contributed by atoms with Crippen molar-refractivity contribution in [2.24, 2.45) is 5.92 Å². The van der Waals surface area contributed by atoms with Crippen molar-refractivity contribution in [2.45, 2.75) is 19.9 Å². The van der Waals surface area contributed by atoms with Crippen LogP contribution >= 0.6 is 11.6 Å². The fourth-order valence-corrected chi connectivity index (χ4v) is 1.88. The number of nitrogens with one attached hydrogen (secondary N) is 1. The average Bonchev–Trinajstić information content (AvgIpc) is 2.45. The van der Waals surface area contributed by atoms with Gasteiger partial charge in [0.1, 0.15) is 5.69 Å². The van der Waals surface area contributed by atoms with Crippen LogP contribution in [0.3, 0.4) is 0 Å². The third-order valence-electron chi connectivity index (χ3n) is 3.21. The SMILES string of the molecule is COC(=O)c1cc([N+](=O)[O-])c(NC(C)C(C)CO)cc1Cl. The van der Waals surface area contributed by atoms with Gasteiger partial charge in [-0.25, -0.2) is 4.79 Å². The van der Waals surface area contributed by atoms with Crippen molar-refractivity contribution in [2.75, 3.05) is 19.0 Å². The Balaban J connectivity index is 3.23. The monoisotopic (exact) mass is 316 g/mol. The van der Waals surface area contributed by atoms with E-state index in [1.54, 1.807) is 13.8 Å². The van der Waals surface area contributed by atoms with Crippen molar-refractivity contribution >= 4 is 28.9 Å². The molecule has 8 heteroatoms. The highest BCUT2D eigenvalue weighted by molar-refractivity contribution is 6.34. The van der Waals surface area contributed by atoms with E-state index in [4.69, 9.17) is 16.7 Å². The van der Waals surface area contributed by atoms with Crippen LogP contribution in [0.25, 0.3) is 0 Å². The minimum Gasteiger partial charge on any atom is -0.465 e. The summed E-state index contributed by atoms with van der Waals surface area (Å²) in [7, 11) is 1.17. The fraction of sp³-hybridized carbons (Fsp3) is 0.462. The Morgan fingerprint density at radius 3 is 2.62 bits per heavy atom. The van der Waals surface area contributed by atoms with E-state index >= 15 is 0 Å². The van der Waals surface area contributed by atoms with Gasteiger partial charge >= 0.3 is 5.97 Å². The Morgan fingerprint density at radius 1 is 1.52 bits per heavy atom. The van der Waals surface area contributed by atoms with Crippen molar-refractivity contribution in [1.82, 2.24) is 0 Å². The number of halogens is 1. The van der Waals surface area contributed by atoms with Gasteiger partial charge in [0.25, 0.3) is 5.69 Å². The van der Waals surface area contributed by atoms with Gasteiger partial charge in [-0.15, -0.1) is 0 Å². The van der Waals surface area contributed by atoms with Gasteiger partial charge in [-0.1, -0.05) is 18.5 Å². The van der Waals surface area contributed by atoms with Crippen molar-refractivity contribution in [3.05, 3.63) is 32.8 Å². The number of hydrogen-bond acceptors (Lipinski definition) is 6. The molecule has 0 spiro atoms. The maximum atomic E-state index is 11.5. The number of nitrogens with zero attached hydrogens (tertiary/aromatic N) is 1. The van der Waals surface area contributed by atoms with Crippen LogP contribution < -0.4 is 5.32 Å². The first-order valence-electron chi connectivity index (χ1n) is 6.25. The molecule has 1 aromatic rings. The summed E-state index contributed by atoms with van der Waals surface area (Å²) in [5.41, 5.74) is -0.165. The molecule has 0 saturated heterocycles. The van der Waals surface area contributed by atoms with Gasteiger partial charge in [-0.3, -0.25) is 10.1 Å². The Hall–Kier alpha value is -1.86. The van der Waals surface area contributed by atoms with Crippen LogP contribution in [0, 0.1) is 16.0 Å². The number of hydrogen-bond donors (Lipinski definition) is 2. The van der Waals surface area contributed by atoms with Gasteiger partial charge in [-0.05, 0) is 18.9 Å². The lowest BCUT2D eigenvalue weighted by Crippen LogP contribution is -2.26. The Kier molecular flexibility index (Phi) is 5.92. The van der Waals surface area contributed by atoms with E-state index in [-0.39, 0.29) is 40.5 Å². The number of methoxy groups -OCH3 is 1. The van der Waals surface area contributed by atoms with Crippen molar-refractivity contribution in [3.8, 4) is 0 Å². The number of rotatable bonds is 6. The molecule has 0 amide bonds. The summed E-state index contributed by atoms with van der Waals surface area (Å²) in [6, 6.07) is 2.17. The zero-order chi connectivity index (χ0) is 16.2. The maximum Gasteiger partial charge on any atom is 0.339 e. The van der Waals surface area contributed by atoms with Crippen LogP contribution in [0.1, 0.15) is 24.2 Å². The van der Waals surface area contributed by atoms with Crippen LogP contribution in [0.4, 0.5) is 11.4 Å². The number of benzene rings is 1. The lowest BCUT2D eigenvalue weighted by Gasteiger charge is -2.20. The first-order valence-corrected chi connectivity index (χ1v) is 6.63. The molecule has 2 atom stereocenters. The van der Waals surface area contributed by atoms with Crippen LogP contribution in [-0.2, 0) is 4.74 Å². The maximum absolute atomic E-state index is 11.5. The summed E-state index contributed by atoms with van der Waals surface area (Å²) in [5.74, 6) is -0.852. The number of nitro groups is 1. The number of aliphatic hydroxyl groups excluding tert-OH is 1. The molecule has 0 aliphatic rings. The molecule has 0 aliphatic carbocycles. The number of aliphatic hydroxyl groups is 1. The number of esters is 1. The second-order valence-electron chi connectivity index (χ2n) is 4.69. The second-order valence-corrected chi connectivity index (χ2v) is 5.10. The summed E-state index contributed by atoms with van der Waals surface area (Å²) in [6.07, 6.45) is 0. The second kappa shape index (κ2) is 7.24. The predicted octanol–water partition coefficient (Wildman–Crippen LogP) is 2.46. The quantitative estimate of drug-likeness (QED) is 0.475. The topological polar surface area (TPSA) is 102 Å². The molecular formula is C13H17ClN2O5. The Morgan fingerprint density at radius 2 is 2.14 bits per heavy atom. The standard InChI is InChI=1S/C13H17ClN2O5/c1-7(6-17)8(2)15-11-5-10(14)9(13(18)21-3)4-12(11)16(19)20/h4-5,7-8,15,17H,6H2,1-3H3. The zero-order valence-corrected chi connectivity index (χ0v) is 12.7. The van der Waals surface area contributed by atoms with E-state index in [1.807, 2.05) is 0 Å². The molecule has 2 N–H and O–H groups in total. The van der Waals surface area contributed by atoms with E-state index in [0.29, 0.717) is 0 Å². The van der Waals surface area contributed by atoms with E-state index in [1.165, 1.54) is 13.2 Å². The summed E-state index contributed by atoms with van der Waals surface area (Å²) >= 11 is 5.96. The van der Waals surface area contributed by atoms with Crippen LogP contribution in [0.15, 0.2) is 12.1 Å².